The summed E-state index contributed by atoms with van der Waals surface area (Å²) in [5.74, 6) is 0.968. The number of aliphatic imine (C=N–C) groups is 1. The van der Waals surface area contributed by atoms with Crippen LogP contribution in [-0.4, -0.2) is 5.84 Å². The van der Waals surface area contributed by atoms with Crippen LogP contribution in [0.25, 0.3) is 0 Å². The molecule has 0 aliphatic heterocycles. The number of hydrogen-bond donors (Lipinski definition) is 1. The molecule has 2 nitrogen and oxygen atoms in total. The Morgan fingerprint density at radius 1 is 1.33 bits per heavy atom. The molecule has 0 spiro atoms. The van der Waals surface area contributed by atoms with E-state index in [0.29, 0.717) is 16.9 Å². The molecule has 0 fully saturated rings. The monoisotopic (exact) mass is 230 g/mol. The second-order valence-electron chi connectivity index (χ2n) is 4.05. The maximum absolute atomic E-state index is 6.06. The van der Waals surface area contributed by atoms with Crippen LogP contribution in [0.2, 0.25) is 0 Å². The van der Waals surface area contributed by atoms with Gasteiger partial charge in [0, 0.05) is 5.92 Å². The van der Waals surface area contributed by atoms with Gasteiger partial charge in [0.15, 0.2) is 0 Å². The van der Waals surface area contributed by atoms with E-state index in [4.69, 9.17) is 17.3 Å². The summed E-state index contributed by atoms with van der Waals surface area (Å²) in [5.41, 5.74) is 6.99. The lowest BCUT2D eigenvalue weighted by Gasteiger charge is -2.09. The summed E-state index contributed by atoms with van der Waals surface area (Å²) in [6.45, 7) is 8.36. The fraction of sp³-hybridized carbons (Fsp3) is 0.750. The SMILES string of the molecule is CCC/C(C)=C(Cl)\N=C(\N)C(C)CCC. The van der Waals surface area contributed by atoms with Crippen molar-refractivity contribution in [1.82, 2.24) is 0 Å². The van der Waals surface area contributed by atoms with Crippen LogP contribution < -0.4 is 5.73 Å². The molecule has 0 rings (SSSR count). The highest BCUT2D eigenvalue weighted by Crippen LogP contribution is 2.17. The third-order valence-electron chi connectivity index (χ3n) is 2.43. The lowest BCUT2D eigenvalue weighted by atomic mass is 10.1. The van der Waals surface area contributed by atoms with Gasteiger partial charge in [-0.05, 0) is 25.3 Å². The molecule has 3 heteroatoms. The first-order chi connectivity index (χ1) is 7.02. The van der Waals surface area contributed by atoms with Crippen molar-refractivity contribution in [2.24, 2.45) is 16.6 Å². The van der Waals surface area contributed by atoms with Crippen LogP contribution in [0, 0.1) is 5.92 Å². The van der Waals surface area contributed by atoms with Gasteiger partial charge in [0.2, 0.25) is 0 Å². The minimum Gasteiger partial charge on any atom is -0.387 e. The van der Waals surface area contributed by atoms with Gasteiger partial charge in [-0.25, -0.2) is 4.99 Å². The topological polar surface area (TPSA) is 38.4 Å². The standard InChI is InChI=1S/C12H23ClN2/c1-5-7-9(3)11(13)15-12(14)10(4)8-6-2/h10H,5-8H2,1-4H3,(H2,14,15)/b11-9-. The fourth-order valence-corrected chi connectivity index (χ4v) is 1.57. The Morgan fingerprint density at radius 3 is 2.40 bits per heavy atom. The van der Waals surface area contributed by atoms with Crippen molar-refractivity contribution in [2.75, 3.05) is 0 Å². The summed E-state index contributed by atoms with van der Waals surface area (Å²) in [5, 5.41) is 0.567. The molecule has 15 heavy (non-hydrogen) atoms. The molecule has 0 bridgehead atoms. The zero-order chi connectivity index (χ0) is 11.8. The molecule has 0 amide bonds. The van der Waals surface area contributed by atoms with Gasteiger partial charge in [0.25, 0.3) is 0 Å². The molecule has 0 saturated carbocycles. The van der Waals surface area contributed by atoms with Crippen molar-refractivity contribution in [1.29, 1.82) is 0 Å². The molecule has 0 radical (unpaired) electrons. The van der Waals surface area contributed by atoms with Gasteiger partial charge in [-0.2, -0.15) is 0 Å². The summed E-state index contributed by atoms with van der Waals surface area (Å²) in [4.78, 5) is 4.25. The molecule has 0 aliphatic rings. The minimum atomic E-state index is 0.318. The Hall–Kier alpha value is -0.500. The van der Waals surface area contributed by atoms with Gasteiger partial charge in [-0.1, -0.05) is 45.2 Å². The van der Waals surface area contributed by atoms with Gasteiger partial charge >= 0.3 is 0 Å². The second-order valence-corrected chi connectivity index (χ2v) is 4.41. The molecule has 0 saturated heterocycles. The Labute approximate surface area is 98.6 Å². The van der Waals surface area contributed by atoms with Crippen molar-refractivity contribution in [3.63, 3.8) is 0 Å². The highest BCUT2D eigenvalue weighted by Gasteiger charge is 2.06. The number of amidine groups is 1. The number of nitrogens with zero attached hydrogens (tertiary/aromatic N) is 1. The van der Waals surface area contributed by atoms with E-state index in [0.717, 1.165) is 31.3 Å². The number of hydrogen-bond acceptors (Lipinski definition) is 1. The summed E-state index contributed by atoms with van der Waals surface area (Å²) in [6.07, 6.45) is 4.25. The zero-order valence-corrected chi connectivity index (χ0v) is 11.1. The van der Waals surface area contributed by atoms with Crippen molar-refractivity contribution >= 4 is 17.4 Å². The molecule has 1 atom stereocenters. The van der Waals surface area contributed by atoms with Crippen molar-refractivity contribution in [2.45, 2.75) is 53.4 Å². The largest absolute Gasteiger partial charge is 0.387 e. The Kier molecular flexibility index (Phi) is 7.49. The summed E-state index contributed by atoms with van der Waals surface area (Å²) in [7, 11) is 0. The van der Waals surface area contributed by atoms with Gasteiger partial charge in [-0.15, -0.1) is 0 Å². The van der Waals surface area contributed by atoms with Gasteiger partial charge in [-0.3, -0.25) is 0 Å². The second kappa shape index (κ2) is 7.75. The van der Waals surface area contributed by atoms with E-state index in [2.05, 4.69) is 25.8 Å². The van der Waals surface area contributed by atoms with Crippen LogP contribution in [0.1, 0.15) is 53.4 Å². The first-order valence-electron chi connectivity index (χ1n) is 5.72. The Bertz CT molecular complexity index is 244. The molecule has 0 aromatic heterocycles. The molecule has 0 aromatic carbocycles. The summed E-state index contributed by atoms with van der Waals surface area (Å²) >= 11 is 6.06. The van der Waals surface area contributed by atoms with E-state index in [1.165, 1.54) is 0 Å². The van der Waals surface area contributed by atoms with Crippen LogP contribution in [0.4, 0.5) is 0 Å². The Balaban J connectivity index is 4.52. The number of nitrogens with two attached hydrogens (primary N) is 1. The third-order valence-corrected chi connectivity index (χ3v) is 2.84. The maximum Gasteiger partial charge on any atom is 0.130 e. The lowest BCUT2D eigenvalue weighted by Crippen LogP contribution is -2.21. The molecular weight excluding hydrogens is 208 g/mol. The predicted octanol–water partition coefficient (Wildman–Crippen LogP) is 4.05. The smallest absolute Gasteiger partial charge is 0.130 e. The number of allylic oxidation sites excluding steroid dienone is 1. The van der Waals surface area contributed by atoms with E-state index in [-0.39, 0.29) is 0 Å². The van der Waals surface area contributed by atoms with E-state index < -0.39 is 0 Å². The average Bonchev–Trinajstić information content (AvgIpc) is 2.18. The summed E-state index contributed by atoms with van der Waals surface area (Å²) < 4.78 is 0. The molecule has 2 N–H and O–H groups in total. The van der Waals surface area contributed by atoms with Crippen molar-refractivity contribution in [3.05, 3.63) is 10.7 Å². The molecule has 0 aromatic rings. The van der Waals surface area contributed by atoms with Crippen LogP contribution in [0.3, 0.4) is 0 Å². The van der Waals surface area contributed by atoms with E-state index in [1.54, 1.807) is 0 Å². The molecule has 1 unspecified atom stereocenters. The quantitative estimate of drug-likeness (QED) is 0.417. The van der Waals surface area contributed by atoms with Crippen molar-refractivity contribution < 1.29 is 0 Å². The van der Waals surface area contributed by atoms with Crippen molar-refractivity contribution in [3.8, 4) is 0 Å². The fourth-order valence-electron chi connectivity index (χ4n) is 1.38. The van der Waals surface area contributed by atoms with E-state index >= 15 is 0 Å². The molecule has 0 aliphatic carbocycles. The minimum absolute atomic E-state index is 0.318. The van der Waals surface area contributed by atoms with E-state index in [1.807, 2.05) is 6.92 Å². The number of halogens is 1. The van der Waals surface area contributed by atoms with Gasteiger partial charge in [0.1, 0.15) is 11.0 Å². The molecule has 0 heterocycles. The highest BCUT2D eigenvalue weighted by molar-refractivity contribution is 6.30. The first-order valence-corrected chi connectivity index (χ1v) is 6.09. The van der Waals surface area contributed by atoms with Crippen LogP contribution in [0.15, 0.2) is 15.7 Å². The van der Waals surface area contributed by atoms with Crippen LogP contribution in [-0.2, 0) is 0 Å². The Morgan fingerprint density at radius 2 is 1.93 bits per heavy atom. The molecule has 88 valence electrons. The maximum atomic E-state index is 6.06. The van der Waals surface area contributed by atoms with Crippen LogP contribution in [0.5, 0.6) is 0 Å². The third kappa shape index (κ3) is 5.83. The van der Waals surface area contributed by atoms with E-state index in [9.17, 15) is 0 Å². The first kappa shape index (κ1) is 14.5. The average molecular weight is 231 g/mol. The van der Waals surface area contributed by atoms with Gasteiger partial charge in [0.05, 0.1) is 0 Å². The number of rotatable bonds is 6. The molecular formula is C12H23ClN2. The normalized spacial score (nSPS) is 16.2. The van der Waals surface area contributed by atoms with Gasteiger partial charge < -0.3 is 5.73 Å². The predicted molar refractivity (Wildman–Crippen MR) is 69.2 cm³/mol. The highest BCUT2D eigenvalue weighted by atomic mass is 35.5. The summed E-state index contributed by atoms with van der Waals surface area (Å²) in [6, 6.07) is 0. The zero-order valence-electron chi connectivity index (χ0n) is 10.3. The van der Waals surface area contributed by atoms with Crippen LogP contribution >= 0.6 is 11.6 Å². The lowest BCUT2D eigenvalue weighted by molar-refractivity contribution is 0.661.